The van der Waals surface area contributed by atoms with Gasteiger partial charge in [0.2, 0.25) is 5.01 Å². The third-order valence-electron chi connectivity index (χ3n) is 4.44. The van der Waals surface area contributed by atoms with E-state index in [1.807, 2.05) is 45.0 Å². The molecule has 8 heteroatoms. The number of carbonyl (C=O) groups excluding carboxylic acids is 2. The lowest BCUT2D eigenvalue weighted by Crippen LogP contribution is -2.31. The highest BCUT2D eigenvalue weighted by Crippen LogP contribution is 2.17. The molecule has 2 amide bonds. The second kappa shape index (κ2) is 9.98. The summed E-state index contributed by atoms with van der Waals surface area (Å²) in [5.41, 5.74) is 2.27. The lowest BCUT2D eigenvalue weighted by atomic mass is 10.1. The number of carbonyl (C=O) groups is 2. The highest BCUT2D eigenvalue weighted by atomic mass is 32.1. The first kappa shape index (κ1) is 21.4. The summed E-state index contributed by atoms with van der Waals surface area (Å²) in [6.45, 7) is 6.22. The molecule has 2 aromatic carbocycles. The molecule has 0 saturated heterocycles. The van der Waals surface area contributed by atoms with Crippen molar-refractivity contribution < 1.29 is 14.3 Å². The Labute approximate surface area is 179 Å². The lowest BCUT2D eigenvalue weighted by Gasteiger charge is -2.11. The van der Waals surface area contributed by atoms with Crippen LogP contribution in [0.25, 0.3) is 0 Å². The van der Waals surface area contributed by atoms with E-state index in [0.29, 0.717) is 16.3 Å². The quantitative estimate of drug-likeness (QED) is 0.565. The number of nitrogens with one attached hydrogen (secondary N) is 2. The molecule has 0 aliphatic rings. The van der Waals surface area contributed by atoms with Gasteiger partial charge in [0, 0.05) is 17.3 Å². The van der Waals surface area contributed by atoms with Crippen molar-refractivity contribution in [2.45, 2.75) is 39.8 Å². The van der Waals surface area contributed by atoms with Gasteiger partial charge in [-0.15, -0.1) is 10.2 Å². The van der Waals surface area contributed by atoms with Crippen LogP contribution >= 0.6 is 11.3 Å². The van der Waals surface area contributed by atoms with Crippen molar-refractivity contribution in [1.82, 2.24) is 15.5 Å². The summed E-state index contributed by atoms with van der Waals surface area (Å²) in [5.74, 6) is 0.245. The normalized spacial score (nSPS) is 11.6. The van der Waals surface area contributed by atoms with E-state index in [4.69, 9.17) is 4.74 Å². The monoisotopic (exact) mass is 424 g/mol. The van der Waals surface area contributed by atoms with Crippen molar-refractivity contribution in [3.8, 4) is 5.75 Å². The maximum Gasteiger partial charge on any atom is 0.286 e. The van der Waals surface area contributed by atoms with Gasteiger partial charge in [-0.3, -0.25) is 9.59 Å². The van der Waals surface area contributed by atoms with Gasteiger partial charge in [0.25, 0.3) is 11.8 Å². The van der Waals surface area contributed by atoms with Crippen molar-refractivity contribution in [3.63, 3.8) is 0 Å². The molecule has 0 bridgehead atoms. The van der Waals surface area contributed by atoms with E-state index in [1.165, 1.54) is 11.3 Å². The number of hydrogen-bond acceptors (Lipinski definition) is 6. The topological polar surface area (TPSA) is 93.2 Å². The SMILES string of the molecule is CC[C@H](C)NC(=O)c1ccc(NC(=O)c2nnc(COc3ccc(C)cc3)s2)cc1. The van der Waals surface area contributed by atoms with Crippen LogP contribution in [0.1, 0.15) is 51.0 Å². The van der Waals surface area contributed by atoms with Crippen LogP contribution in [0.3, 0.4) is 0 Å². The number of nitrogens with zero attached hydrogens (tertiary/aromatic N) is 2. The Bertz CT molecular complexity index is 1000. The minimum atomic E-state index is -0.356. The molecule has 0 aliphatic heterocycles. The van der Waals surface area contributed by atoms with Crippen LogP contribution in [0.2, 0.25) is 0 Å². The lowest BCUT2D eigenvalue weighted by molar-refractivity contribution is 0.0938. The predicted molar refractivity (Wildman–Crippen MR) is 117 cm³/mol. The van der Waals surface area contributed by atoms with Gasteiger partial charge in [-0.05, 0) is 56.7 Å². The molecule has 1 aromatic heterocycles. The summed E-state index contributed by atoms with van der Waals surface area (Å²) >= 11 is 1.18. The highest BCUT2D eigenvalue weighted by molar-refractivity contribution is 7.13. The molecule has 0 fully saturated rings. The summed E-state index contributed by atoms with van der Waals surface area (Å²) in [7, 11) is 0. The van der Waals surface area contributed by atoms with Crippen LogP contribution in [-0.2, 0) is 6.61 Å². The predicted octanol–water partition coefficient (Wildman–Crippen LogP) is 4.21. The smallest absolute Gasteiger partial charge is 0.286 e. The summed E-state index contributed by atoms with van der Waals surface area (Å²) in [4.78, 5) is 24.5. The summed E-state index contributed by atoms with van der Waals surface area (Å²) in [5, 5.41) is 14.5. The number of benzene rings is 2. The van der Waals surface area contributed by atoms with Crippen molar-refractivity contribution in [3.05, 3.63) is 69.7 Å². The molecule has 7 nitrogen and oxygen atoms in total. The number of aromatic nitrogens is 2. The van der Waals surface area contributed by atoms with Gasteiger partial charge in [-0.25, -0.2) is 0 Å². The van der Waals surface area contributed by atoms with Crippen LogP contribution in [0.5, 0.6) is 5.75 Å². The van der Waals surface area contributed by atoms with Crippen molar-refractivity contribution in [1.29, 1.82) is 0 Å². The number of amides is 2. The number of ether oxygens (including phenoxy) is 1. The molecule has 30 heavy (non-hydrogen) atoms. The molecule has 1 heterocycles. The Morgan fingerprint density at radius 3 is 2.40 bits per heavy atom. The van der Waals surface area contributed by atoms with Gasteiger partial charge >= 0.3 is 0 Å². The van der Waals surface area contributed by atoms with Gasteiger partial charge in [0.05, 0.1) is 0 Å². The first-order valence-electron chi connectivity index (χ1n) is 9.68. The third-order valence-corrected chi connectivity index (χ3v) is 5.33. The Morgan fingerprint density at radius 1 is 1.03 bits per heavy atom. The number of hydrogen-bond donors (Lipinski definition) is 2. The number of anilines is 1. The van der Waals surface area contributed by atoms with Gasteiger partial charge in [0.1, 0.15) is 12.4 Å². The first-order chi connectivity index (χ1) is 14.4. The molecule has 0 radical (unpaired) electrons. The van der Waals surface area contributed by atoms with E-state index in [0.717, 1.165) is 17.7 Å². The average molecular weight is 425 g/mol. The molecule has 0 spiro atoms. The maximum atomic E-state index is 12.4. The second-order valence-electron chi connectivity index (χ2n) is 6.92. The zero-order valence-electron chi connectivity index (χ0n) is 17.1. The van der Waals surface area contributed by atoms with Crippen LogP contribution in [-0.4, -0.2) is 28.1 Å². The van der Waals surface area contributed by atoms with Crippen LogP contribution in [0.4, 0.5) is 5.69 Å². The largest absolute Gasteiger partial charge is 0.486 e. The molecule has 0 saturated carbocycles. The maximum absolute atomic E-state index is 12.4. The number of aryl methyl sites for hydroxylation is 1. The molecule has 3 rings (SSSR count). The van der Waals surface area contributed by atoms with Crippen molar-refractivity contribution in [2.24, 2.45) is 0 Å². The zero-order chi connectivity index (χ0) is 21.5. The van der Waals surface area contributed by atoms with E-state index in [2.05, 4.69) is 20.8 Å². The summed E-state index contributed by atoms with van der Waals surface area (Å²) in [6.07, 6.45) is 0.861. The Kier molecular flexibility index (Phi) is 7.13. The molecule has 0 unspecified atom stereocenters. The number of rotatable bonds is 8. The third kappa shape index (κ3) is 5.87. The Morgan fingerprint density at radius 2 is 1.73 bits per heavy atom. The van der Waals surface area contributed by atoms with Crippen LogP contribution < -0.4 is 15.4 Å². The molecule has 156 valence electrons. The minimum absolute atomic E-state index is 0.110. The van der Waals surface area contributed by atoms with E-state index >= 15 is 0 Å². The van der Waals surface area contributed by atoms with E-state index in [9.17, 15) is 9.59 Å². The fourth-order valence-corrected chi connectivity index (χ4v) is 3.13. The Hall–Kier alpha value is -3.26. The summed E-state index contributed by atoms with van der Waals surface area (Å²) in [6, 6.07) is 14.5. The molecule has 2 N–H and O–H groups in total. The zero-order valence-corrected chi connectivity index (χ0v) is 18.0. The van der Waals surface area contributed by atoms with Crippen LogP contribution in [0.15, 0.2) is 48.5 Å². The van der Waals surface area contributed by atoms with E-state index in [1.54, 1.807) is 24.3 Å². The van der Waals surface area contributed by atoms with Gasteiger partial charge in [-0.2, -0.15) is 0 Å². The molecule has 0 aliphatic carbocycles. The molecular weight excluding hydrogens is 400 g/mol. The van der Waals surface area contributed by atoms with Gasteiger partial charge < -0.3 is 15.4 Å². The first-order valence-corrected chi connectivity index (χ1v) is 10.5. The molecular formula is C22H24N4O3S. The average Bonchev–Trinajstić information content (AvgIpc) is 3.23. The van der Waals surface area contributed by atoms with Crippen LogP contribution in [0, 0.1) is 6.92 Å². The minimum Gasteiger partial charge on any atom is -0.486 e. The van der Waals surface area contributed by atoms with Gasteiger partial charge in [-0.1, -0.05) is 36.0 Å². The fourth-order valence-electron chi connectivity index (χ4n) is 2.48. The fraction of sp³-hybridized carbons (Fsp3) is 0.273. The molecule has 1 atom stereocenters. The van der Waals surface area contributed by atoms with Crippen molar-refractivity contribution in [2.75, 3.05) is 5.32 Å². The summed E-state index contributed by atoms with van der Waals surface area (Å²) < 4.78 is 5.67. The van der Waals surface area contributed by atoms with E-state index < -0.39 is 0 Å². The Balaban J connectivity index is 1.54. The van der Waals surface area contributed by atoms with Crippen molar-refractivity contribution >= 4 is 28.8 Å². The standard InChI is InChI=1S/C22H24N4O3S/c1-4-15(3)23-20(27)16-7-9-17(10-8-16)24-21(28)22-26-25-19(30-22)13-29-18-11-5-14(2)6-12-18/h5-12,15H,4,13H2,1-3H3,(H,23,27)(H,24,28)/t15-/m0/s1. The second-order valence-corrected chi connectivity index (χ2v) is 7.98. The van der Waals surface area contributed by atoms with Gasteiger partial charge in [0.15, 0.2) is 5.01 Å². The highest BCUT2D eigenvalue weighted by Gasteiger charge is 2.14. The van der Waals surface area contributed by atoms with E-state index in [-0.39, 0.29) is 29.5 Å². The molecule has 3 aromatic rings.